The summed E-state index contributed by atoms with van der Waals surface area (Å²) in [5, 5.41) is 11.0. The SMILES string of the molecule is COc1ccc(COCC(O)Cn2cnc3c(oc4ccccc43)c2=O)cc1. The van der Waals surface area contributed by atoms with Gasteiger partial charge >= 0.3 is 0 Å². The molecular weight excluding hydrogens is 360 g/mol. The maximum Gasteiger partial charge on any atom is 0.297 e. The minimum atomic E-state index is -0.848. The van der Waals surface area contributed by atoms with E-state index in [1.165, 1.54) is 10.9 Å². The average molecular weight is 380 g/mol. The van der Waals surface area contributed by atoms with Crippen molar-refractivity contribution in [1.82, 2.24) is 9.55 Å². The fraction of sp³-hybridized carbons (Fsp3) is 0.238. The fourth-order valence-electron chi connectivity index (χ4n) is 3.06. The molecule has 2 aromatic heterocycles. The second-order valence-corrected chi connectivity index (χ2v) is 6.50. The van der Waals surface area contributed by atoms with Gasteiger partial charge in [0.25, 0.3) is 5.56 Å². The van der Waals surface area contributed by atoms with Crippen LogP contribution in [-0.2, 0) is 17.9 Å². The van der Waals surface area contributed by atoms with Crippen LogP contribution in [0.5, 0.6) is 5.75 Å². The standard InChI is InChI=1S/C21H20N2O5/c1-26-16-8-6-14(7-9-16)11-27-12-15(24)10-23-13-22-19-17-4-2-3-5-18(17)28-20(19)21(23)25/h2-9,13,15,24H,10-12H2,1H3. The van der Waals surface area contributed by atoms with Crippen LogP contribution in [0.25, 0.3) is 22.1 Å². The van der Waals surface area contributed by atoms with E-state index in [0.717, 1.165) is 16.7 Å². The van der Waals surface area contributed by atoms with Crippen LogP contribution in [0.15, 0.2) is 64.1 Å². The van der Waals surface area contributed by atoms with Crippen molar-refractivity contribution < 1.29 is 19.0 Å². The topological polar surface area (TPSA) is 86.7 Å². The highest BCUT2D eigenvalue weighted by Crippen LogP contribution is 2.24. The summed E-state index contributed by atoms with van der Waals surface area (Å²) in [4.78, 5) is 17.0. The number of aliphatic hydroxyl groups excluding tert-OH is 1. The van der Waals surface area contributed by atoms with E-state index in [0.29, 0.717) is 17.7 Å². The van der Waals surface area contributed by atoms with E-state index >= 15 is 0 Å². The van der Waals surface area contributed by atoms with Crippen LogP contribution in [0.1, 0.15) is 5.56 Å². The van der Waals surface area contributed by atoms with Crippen LogP contribution in [0.3, 0.4) is 0 Å². The summed E-state index contributed by atoms with van der Waals surface area (Å²) in [6, 6.07) is 14.9. The molecule has 2 heterocycles. The quantitative estimate of drug-likeness (QED) is 0.531. The number of para-hydroxylation sites is 1. The normalized spacial score (nSPS) is 12.5. The lowest BCUT2D eigenvalue weighted by Crippen LogP contribution is -2.29. The predicted molar refractivity (Wildman–Crippen MR) is 104 cm³/mol. The molecular formula is C21H20N2O5. The van der Waals surface area contributed by atoms with Crippen LogP contribution in [-0.4, -0.2) is 34.5 Å². The highest BCUT2D eigenvalue weighted by molar-refractivity contribution is 6.01. The molecule has 1 N–H and O–H groups in total. The molecule has 28 heavy (non-hydrogen) atoms. The Hall–Kier alpha value is -3.16. The van der Waals surface area contributed by atoms with Crippen molar-refractivity contribution >= 4 is 22.1 Å². The number of rotatable bonds is 7. The number of aromatic nitrogens is 2. The number of nitrogens with zero attached hydrogens (tertiary/aromatic N) is 2. The molecule has 2 aromatic carbocycles. The summed E-state index contributed by atoms with van der Waals surface area (Å²) in [6.45, 7) is 0.523. The van der Waals surface area contributed by atoms with Crippen LogP contribution in [0, 0.1) is 0 Å². The van der Waals surface area contributed by atoms with Crippen molar-refractivity contribution in [2.75, 3.05) is 13.7 Å². The van der Waals surface area contributed by atoms with E-state index in [4.69, 9.17) is 13.9 Å². The Balaban J connectivity index is 1.41. The van der Waals surface area contributed by atoms with Gasteiger partial charge in [-0.2, -0.15) is 0 Å². The lowest BCUT2D eigenvalue weighted by molar-refractivity contribution is 0.0198. The number of aliphatic hydroxyl groups is 1. The molecule has 0 radical (unpaired) electrons. The summed E-state index contributed by atoms with van der Waals surface area (Å²) in [5.74, 6) is 0.775. The third kappa shape index (κ3) is 3.62. The molecule has 1 unspecified atom stereocenters. The molecule has 4 rings (SSSR count). The highest BCUT2D eigenvalue weighted by atomic mass is 16.5. The van der Waals surface area contributed by atoms with E-state index in [2.05, 4.69) is 4.98 Å². The lowest BCUT2D eigenvalue weighted by Gasteiger charge is -2.13. The molecule has 0 bridgehead atoms. The van der Waals surface area contributed by atoms with Gasteiger partial charge in [-0.25, -0.2) is 4.98 Å². The first-order valence-corrected chi connectivity index (χ1v) is 8.91. The monoisotopic (exact) mass is 380 g/mol. The number of fused-ring (bicyclic) bond motifs is 3. The summed E-state index contributed by atoms with van der Waals surface area (Å²) in [5.41, 5.74) is 1.98. The minimum Gasteiger partial charge on any atom is -0.497 e. The van der Waals surface area contributed by atoms with Crippen LogP contribution in [0.2, 0.25) is 0 Å². The van der Waals surface area contributed by atoms with Crippen LogP contribution >= 0.6 is 0 Å². The van der Waals surface area contributed by atoms with Gasteiger partial charge in [0.1, 0.15) is 16.8 Å². The number of furan rings is 1. The van der Waals surface area contributed by atoms with Crippen molar-refractivity contribution in [2.45, 2.75) is 19.3 Å². The molecule has 0 aliphatic carbocycles. The number of hydrogen-bond donors (Lipinski definition) is 1. The second-order valence-electron chi connectivity index (χ2n) is 6.50. The molecule has 0 spiro atoms. The molecule has 0 saturated carbocycles. The summed E-state index contributed by atoms with van der Waals surface area (Å²) in [6.07, 6.45) is 0.582. The molecule has 4 aromatic rings. The summed E-state index contributed by atoms with van der Waals surface area (Å²) in [7, 11) is 1.61. The van der Waals surface area contributed by atoms with Gasteiger partial charge in [0.15, 0.2) is 0 Å². The van der Waals surface area contributed by atoms with Gasteiger partial charge in [-0.15, -0.1) is 0 Å². The number of benzene rings is 2. The Morgan fingerprint density at radius 1 is 1.18 bits per heavy atom. The Kier molecular flexibility index (Phi) is 5.10. The molecule has 144 valence electrons. The molecule has 0 fully saturated rings. The second kappa shape index (κ2) is 7.84. The Morgan fingerprint density at radius 2 is 1.96 bits per heavy atom. The van der Waals surface area contributed by atoms with Crippen molar-refractivity contribution in [3.8, 4) is 5.75 Å². The maximum absolute atomic E-state index is 12.7. The van der Waals surface area contributed by atoms with Gasteiger partial charge in [-0.1, -0.05) is 24.3 Å². The van der Waals surface area contributed by atoms with Crippen LogP contribution < -0.4 is 10.3 Å². The molecule has 0 amide bonds. The maximum atomic E-state index is 12.7. The van der Waals surface area contributed by atoms with Gasteiger partial charge in [0.2, 0.25) is 5.58 Å². The molecule has 0 aliphatic heterocycles. The Morgan fingerprint density at radius 3 is 2.75 bits per heavy atom. The van der Waals surface area contributed by atoms with Crippen molar-refractivity contribution in [2.24, 2.45) is 0 Å². The highest BCUT2D eigenvalue weighted by Gasteiger charge is 2.15. The van der Waals surface area contributed by atoms with Gasteiger partial charge in [-0.3, -0.25) is 9.36 Å². The molecule has 0 saturated heterocycles. The molecule has 1 atom stereocenters. The zero-order valence-corrected chi connectivity index (χ0v) is 15.4. The first-order chi connectivity index (χ1) is 13.7. The number of ether oxygens (including phenoxy) is 2. The first-order valence-electron chi connectivity index (χ1n) is 8.91. The van der Waals surface area contributed by atoms with Gasteiger partial charge in [-0.05, 0) is 29.8 Å². The lowest BCUT2D eigenvalue weighted by atomic mass is 10.2. The molecule has 7 nitrogen and oxygen atoms in total. The smallest absolute Gasteiger partial charge is 0.297 e. The molecule has 0 aliphatic rings. The first kappa shape index (κ1) is 18.2. The fourth-order valence-corrected chi connectivity index (χ4v) is 3.06. The predicted octanol–water partition coefficient (Wildman–Crippen LogP) is 2.73. The van der Waals surface area contributed by atoms with E-state index in [1.54, 1.807) is 13.2 Å². The van der Waals surface area contributed by atoms with Gasteiger partial charge in [0, 0.05) is 5.39 Å². The van der Waals surface area contributed by atoms with E-state index in [1.807, 2.05) is 42.5 Å². The number of methoxy groups -OCH3 is 1. The van der Waals surface area contributed by atoms with E-state index in [-0.39, 0.29) is 24.3 Å². The van der Waals surface area contributed by atoms with Crippen LogP contribution in [0.4, 0.5) is 0 Å². The van der Waals surface area contributed by atoms with Crippen molar-refractivity contribution in [3.05, 3.63) is 70.8 Å². The Bertz CT molecular complexity index is 1150. The van der Waals surface area contributed by atoms with Crippen molar-refractivity contribution in [1.29, 1.82) is 0 Å². The third-order valence-corrected chi connectivity index (χ3v) is 4.50. The van der Waals surface area contributed by atoms with Gasteiger partial charge < -0.3 is 19.0 Å². The third-order valence-electron chi connectivity index (χ3n) is 4.50. The summed E-state index contributed by atoms with van der Waals surface area (Å²) >= 11 is 0. The zero-order valence-electron chi connectivity index (χ0n) is 15.4. The minimum absolute atomic E-state index is 0.0709. The van der Waals surface area contributed by atoms with Gasteiger partial charge in [0.05, 0.1) is 39.3 Å². The summed E-state index contributed by atoms with van der Waals surface area (Å²) < 4.78 is 17.6. The largest absolute Gasteiger partial charge is 0.497 e. The average Bonchev–Trinajstić information content (AvgIpc) is 3.10. The zero-order chi connectivity index (χ0) is 19.5. The van der Waals surface area contributed by atoms with E-state index < -0.39 is 6.10 Å². The van der Waals surface area contributed by atoms with Crippen molar-refractivity contribution in [3.63, 3.8) is 0 Å². The Labute approximate surface area is 160 Å². The molecule has 7 heteroatoms. The number of hydrogen-bond acceptors (Lipinski definition) is 6. The van der Waals surface area contributed by atoms with E-state index in [9.17, 15) is 9.90 Å².